The fourth-order valence-corrected chi connectivity index (χ4v) is 5.03. The molecule has 1 amide bonds. The molecule has 1 atom stereocenters. The van der Waals surface area contributed by atoms with Gasteiger partial charge in [0.2, 0.25) is 0 Å². The minimum absolute atomic E-state index is 0.0242. The lowest BCUT2D eigenvalue weighted by molar-refractivity contribution is 0.0215. The van der Waals surface area contributed by atoms with Crippen LogP contribution in [0, 0.1) is 5.41 Å². The minimum atomic E-state index is -0.0517. The summed E-state index contributed by atoms with van der Waals surface area (Å²) in [5, 5.41) is 2.28. The Morgan fingerprint density at radius 2 is 1.59 bits per heavy atom. The minimum Gasteiger partial charge on any atom is -0.335 e. The van der Waals surface area contributed by atoms with Crippen LogP contribution in [0.3, 0.4) is 0 Å². The van der Waals surface area contributed by atoms with Crippen LogP contribution >= 0.6 is 0 Å². The molecule has 29 heavy (non-hydrogen) atoms. The summed E-state index contributed by atoms with van der Waals surface area (Å²) in [4.78, 5) is 15.8. The van der Waals surface area contributed by atoms with Gasteiger partial charge in [0.15, 0.2) is 0 Å². The standard InChI is InChI=1S/C27H31NO/c1-6-28(25(29)22-16-15-19-11-7-8-12-20(19)17-22)24-18-21-13-9-10-14-23(21)26(2,3)27(24,4)5/h7-17,24H,6,18H2,1-5H3/t24-/m1/s1. The Kier molecular flexibility index (Phi) is 4.77. The quantitative estimate of drug-likeness (QED) is 0.523. The summed E-state index contributed by atoms with van der Waals surface area (Å²) in [5.74, 6) is 0.131. The molecule has 4 rings (SSSR count). The van der Waals surface area contributed by atoms with E-state index in [0.29, 0.717) is 6.54 Å². The van der Waals surface area contributed by atoms with Crippen molar-refractivity contribution in [1.29, 1.82) is 0 Å². The highest BCUT2D eigenvalue weighted by molar-refractivity contribution is 5.98. The lowest BCUT2D eigenvalue weighted by atomic mass is 9.55. The Balaban J connectivity index is 1.75. The number of carbonyl (C=O) groups is 1. The van der Waals surface area contributed by atoms with E-state index >= 15 is 0 Å². The van der Waals surface area contributed by atoms with Crippen molar-refractivity contribution < 1.29 is 4.79 Å². The molecule has 0 N–H and O–H groups in total. The highest BCUT2D eigenvalue weighted by atomic mass is 16.2. The molecule has 3 aromatic carbocycles. The maximum absolute atomic E-state index is 13.7. The third kappa shape index (κ3) is 3.06. The van der Waals surface area contributed by atoms with Crippen LogP contribution in [0.15, 0.2) is 66.7 Å². The van der Waals surface area contributed by atoms with Crippen LogP contribution in [0.1, 0.15) is 56.1 Å². The molecule has 0 saturated heterocycles. The molecule has 3 aromatic rings. The predicted molar refractivity (Wildman–Crippen MR) is 121 cm³/mol. The van der Waals surface area contributed by atoms with Gasteiger partial charge in [0.1, 0.15) is 0 Å². The molecular weight excluding hydrogens is 354 g/mol. The molecule has 1 aliphatic carbocycles. The summed E-state index contributed by atoms with van der Waals surface area (Å²) >= 11 is 0. The van der Waals surface area contributed by atoms with Crippen molar-refractivity contribution in [2.45, 2.75) is 52.5 Å². The van der Waals surface area contributed by atoms with Crippen molar-refractivity contribution in [3.63, 3.8) is 0 Å². The number of hydrogen-bond donors (Lipinski definition) is 0. The first-order valence-corrected chi connectivity index (χ1v) is 10.7. The summed E-state index contributed by atoms with van der Waals surface area (Å²) in [6, 6.07) is 23.2. The topological polar surface area (TPSA) is 20.3 Å². The molecule has 0 aliphatic heterocycles. The first kappa shape index (κ1) is 19.7. The second kappa shape index (κ2) is 7.02. The van der Waals surface area contributed by atoms with Gasteiger partial charge in [-0.1, -0.05) is 82.3 Å². The molecule has 2 heteroatoms. The van der Waals surface area contributed by atoms with E-state index in [1.54, 1.807) is 0 Å². The Morgan fingerprint density at radius 1 is 0.931 bits per heavy atom. The van der Waals surface area contributed by atoms with Crippen LogP contribution in [-0.2, 0) is 11.8 Å². The second-order valence-electron chi connectivity index (χ2n) is 9.38. The van der Waals surface area contributed by atoms with E-state index in [2.05, 4.69) is 82.0 Å². The number of likely N-dealkylation sites (N-methyl/N-ethyl adjacent to an activating group) is 1. The molecule has 0 spiro atoms. The van der Waals surface area contributed by atoms with Crippen LogP contribution in [0.2, 0.25) is 0 Å². The Hall–Kier alpha value is -2.61. The smallest absolute Gasteiger partial charge is 0.254 e. The molecule has 0 radical (unpaired) electrons. The lowest BCUT2D eigenvalue weighted by Crippen LogP contribution is -2.58. The van der Waals surface area contributed by atoms with E-state index in [1.807, 2.05) is 24.3 Å². The zero-order chi connectivity index (χ0) is 20.8. The molecule has 0 unspecified atom stereocenters. The number of benzene rings is 3. The first-order valence-electron chi connectivity index (χ1n) is 10.7. The van der Waals surface area contributed by atoms with Crippen LogP contribution in [0.5, 0.6) is 0 Å². The van der Waals surface area contributed by atoms with E-state index in [0.717, 1.165) is 17.4 Å². The zero-order valence-corrected chi connectivity index (χ0v) is 18.2. The summed E-state index contributed by atoms with van der Waals surface area (Å²) in [7, 11) is 0. The van der Waals surface area contributed by atoms with E-state index in [1.165, 1.54) is 16.5 Å². The second-order valence-corrected chi connectivity index (χ2v) is 9.38. The predicted octanol–water partition coefficient (Wildman–Crippen LogP) is 6.23. The molecule has 1 aliphatic rings. The van der Waals surface area contributed by atoms with Gasteiger partial charge in [0.25, 0.3) is 5.91 Å². The van der Waals surface area contributed by atoms with Crippen molar-refractivity contribution in [3.05, 3.63) is 83.4 Å². The Labute approximate surface area is 174 Å². The fourth-order valence-electron chi connectivity index (χ4n) is 5.03. The summed E-state index contributed by atoms with van der Waals surface area (Å²) in [6.45, 7) is 12.1. The maximum atomic E-state index is 13.7. The zero-order valence-electron chi connectivity index (χ0n) is 18.2. The van der Waals surface area contributed by atoms with Gasteiger partial charge in [-0.05, 0) is 58.2 Å². The first-order chi connectivity index (χ1) is 13.8. The van der Waals surface area contributed by atoms with Gasteiger partial charge in [0.05, 0.1) is 0 Å². The summed E-state index contributed by atoms with van der Waals surface area (Å²) in [5.41, 5.74) is 3.48. The fraction of sp³-hybridized carbons (Fsp3) is 0.370. The molecule has 0 heterocycles. The number of fused-ring (bicyclic) bond motifs is 2. The van der Waals surface area contributed by atoms with Crippen molar-refractivity contribution in [1.82, 2.24) is 4.90 Å². The number of amides is 1. The summed E-state index contributed by atoms with van der Waals surface area (Å²) < 4.78 is 0. The molecule has 150 valence electrons. The van der Waals surface area contributed by atoms with Crippen LogP contribution in [-0.4, -0.2) is 23.4 Å². The number of hydrogen-bond acceptors (Lipinski definition) is 1. The monoisotopic (exact) mass is 385 g/mol. The third-order valence-electron chi connectivity index (χ3n) is 7.52. The highest BCUT2D eigenvalue weighted by Gasteiger charge is 2.51. The van der Waals surface area contributed by atoms with E-state index in [-0.39, 0.29) is 22.8 Å². The van der Waals surface area contributed by atoms with Crippen molar-refractivity contribution in [3.8, 4) is 0 Å². The number of carbonyl (C=O) groups excluding carboxylic acids is 1. The van der Waals surface area contributed by atoms with Crippen molar-refractivity contribution in [2.75, 3.05) is 6.54 Å². The largest absolute Gasteiger partial charge is 0.335 e. The van der Waals surface area contributed by atoms with Crippen molar-refractivity contribution >= 4 is 16.7 Å². The Morgan fingerprint density at radius 3 is 2.31 bits per heavy atom. The number of rotatable bonds is 3. The van der Waals surface area contributed by atoms with E-state index in [4.69, 9.17) is 0 Å². The normalized spacial score (nSPS) is 19.6. The van der Waals surface area contributed by atoms with Gasteiger partial charge in [-0.25, -0.2) is 0 Å². The molecule has 0 fully saturated rings. The molecule has 0 saturated carbocycles. The average Bonchev–Trinajstić information content (AvgIpc) is 2.72. The SMILES string of the molecule is CCN(C(=O)c1ccc2ccccc2c1)[C@@H]1Cc2ccccc2C(C)(C)C1(C)C. The van der Waals surface area contributed by atoms with Crippen molar-refractivity contribution in [2.24, 2.45) is 5.41 Å². The van der Waals surface area contributed by atoms with Gasteiger partial charge < -0.3 is 4.90 Å². The molecular formula is C27H31NO. The maximum Gasteiger partial charge on any atom is 0.254 e. The van der Waals surface area contributed by atoms with Crippen LogP contribution in [0.25, 0.3) is 10.8 Å². The molecule has 0 bridgehead atoms. The summed E-state index contributed by atoms with van der Waals surface area (Å²) in [6.07, 6.45) is 0.903. The lowest BCUT2D eigenvalue weighted by Gasteiger charge is -2.55. The Bertz CT molecular complexity index is 1060. The third-order valence-corrected chi connectivity index (χ3v) is 7.52. The van der Waals surface area contributed by atoms with E-state index < -0.39 is 0 Å². The molecule has 2 nitrogen and oxygen atoms in total. The number of nitrogens with zero attached hydrogens (tertiary/aromatic N) is 1. The van der Waals surface area contributed by atoms with Gasteiger partial charge in [0, 0.05) is 18.2 Å². The molecule has 0 aromatic heterocycles. The average molecular weight is 386 g/mol. The van der Waals surface area contributed by atoms with E-state index in [9.17, 15) is 4.79 Å². The van der Waals surface area contributed by atoms with Crippen LogP contribution in [0.4, 0.5) is 0 Å². The van der Waals surface area contributed by atoms with Gasteiger partial charge in [-0.3, -0.25) is 4.79 Å². The van der Waals surface area contributed by atoms with Gasteiger partial charge in [-0.2, -0.15) is 0 Å². The van der Waals surface area contributed by atoms with Crippen LogP contribution < -0.4 is 0 Å². The van der Waals surface area contributed by atoms with Gasteiger partial charge >= 0.3 is 0 Å². The highest BCUT2D eigenvalue weighted by Crippen LogP contribution is 2.51. The van der Waals surface area contributed by atoms with Gasteiger partial charge in [-0.15, -0.1) is 0 Å².